The van der Waals surface area contributed by atoms with E-state index in [0.29, 0.717) is 11.3 Å². The van der Waals surface area contributed by atoms with Crippen LogP contribution in [0.1, 0.15) is 13.3 Å². The van der Waals surface area contributed by atoms with E-state index in [9.17, 15) is 17.6 Å². The van der Waals surface area contributed by atoms with E-state index < -0.39 is 27.8 Å². The SMILES string of the molecule is CC[C@H](C(=O)Nc1ccc2c(c1)oc1ccccc12)N(c1ccc(F)cc1)S(C)(=O)=O. The van der Waals surface area contributed by atoms with Crippen molar-refractivity contribution < 1.29 is 22.0 Å². The minimum atomic E-state index is -3.80. The van der Waals surface area contributed by atoms with Crippen LogP contribution < -0.4 is 9.62 Å². The van der Waals surface area contributed by atoms with Gasteiger partial charge in [-0.3, -0.25) is 9.10 Å². The standard InChI is InChI=1S/C23H21FN2O4S/c1-3-20(26(31(2,28)29)17-11-8-15(24)9-12-17)23(27)25-16-10-13-19-18-6-4-5-7-21(18)30-22(19)14-16/h4-14,20H,3H2,1-2H3,(H,25,27)/t20-/m1/s1. The van der Waals surface area contributed by atoms with E-state index in [1.807, 2.05) is 30.3 Å². The fourth-order valence-electron chi connectivity index (χ4n) is 3.68. The van der Waals surface area contributed by atoms with E-state index in [1.165, 1.54) is 12.1 Å². The van der Waals surface area contributed by atoms with Crippen LogP contribution in [0.25, 0.3) is 21.9 Å². The summed E-state index contributed by atoms with van der Waals surface area (Å²) in [5.74, 6) is -0.985. The van der Waals surface area contributed by atoms with Gasteiger partial charge in [0.15, 0.2) is 0 Å². The van der Waals surface area contributed by atoms with Crippen molar-refractivity contribution in [2.24, 2.45) is 0 Å². The summed E-state index contributed by atoms with van der Waals surface area (Å²) in [7, 11) is -3.80. The molecule has 0 bridgehead atoms. The van der Waals surface area contributed by atoms with Gasteiger partial charge in [-0.2, -0.15) is 0 Å². The molecular weight excluding hydrogens is 419 g/mol. The number of sulfonamides is 1. The monoisotopic (exact) mass is 440 g/mol. The summed E-state index contributed by atoms with van der Waals surface area (Å²) >= 11 is 0. The molecule has 4 aromatic rings. The number of para-hydroxylation sites is 1. The summed E-state index contributed by atoms with van der Waals surface area (Å²) in [5.41, 5.74) is 2.07. The summed E-state index contributed by atoms with van der Waals surface area (Å²) in [6, 6.07) is 16.9. The lowest BCUT2D eigenvalue weighted by molar-refractivity contribution is -0.117. The van der Waals surface area contributed by atoms with Crippen molar-refractivity contribution in [1.82, 2.24) is 0 Å². The van der Waals surface area contributed by atoms with Crippen molar-refractivity contribution in [1.29, 1.82) is 0 Å². The Hall–Kier alpha value is -3.39. The summed E-state index contributed by atoms with van der Waals surface area (Å²) < 4.78 is 45.2. The van der Waals surface area contributed by atoms with Gasteiger partial charge >= 0.3 is 0 Å². The summed E-state index contributed by atoms with van der Waals surface area (Å²) in [6.45, 7) is 1.72. The lowest BCUT2D eigenvalue weighted by Gasteiger charge is -2.30. The second kappa shape index (κ2) is 8.03. The molecule has 0 radical (unpaired) electrons. The van der Waals surface area contributed by atoms with Crippen LogP contribution in [0.2, 0.25) is 0 Å². The molecule has 8 heteroatoms. The number of rotatable bonds is 6. The van der Waals surface area contributed by atoms with Crippen molar-refractivity contribution in [3.63, 3.8) is 0 Å². The number of amides is 1. The quantitative estimate of drug-likeness (QED) is 0.462. The lowest BCUT2D eigenvalue weighted by Crippen LogP contribution is -2.47. The number of nitrogens with zero attached hydrogens (tertiary/aromatic N) is 1. The van der Waals surface area contributed by atoms with Gasteiger partial charge in [0.05, 0.1) is 11.9 Å². The van der Waals surface area contributed by atoms with Crippen LogP contribution in [0.4, 0.5) is 15.8 Å². The first-order valence-electron chi connectivity index (χ1n) is 9.75. The average molecular weight is 440 g/mol. The van der Waals surface area contributed by atoms with Gasteiger partial charge in [-0.25, -0.2) is 12.8 Å². The molecule has 31 heavy (non-hydrogen) atoms. The molecule has 160 valence electrons. The zero-order chi connectivity index (χ0) is 22.2. The van der Waals surface area contributed by atoms with Crippen LogP contribution in [0.3, 0.4) is 0 Å². The number of furan rings is 1. The lowest BCUT2D eigenvalue weighted by atomic mass is 10.1. The Bertz CT molecular complexity index is 1360. The Labute approximate surface area is 179 Å². The van der Waals surface area contributed by atoms with E-state index in [1.54, 1.807) is 19.1 Å². The van der Waals surface area contributed by atoms with Crippen LogP contribution in [-0.4, -0.2) is 26.6 Å². The zero-order valence-electron chi connectivity index (χ0n) is 17.0. The molecule has 1 N–H and O–H groups in total. The number of benzene rings is 3. The molecule has 0 aliphatic carbocycles. The highest BCUT2D eigenvalue weighted by molar-refractivity contribution is 7.92. The number of fused-ring (bicyclic) bond motifs is 3. The molecule has 0 saturated carbocycles. The maximum Gasteiger partial charge on any atom is 0.248 e. The number of nitrogens with one attached hydrogen (secondary N) is 1. The number of anilines is 2. The van der Waals surface area contributed by atoms with Crippen LogP contribution in [-0.2, 0) is 14.8 Å². The van der Waals surface area contributed by atoms with E-state index in [2.05, 4.69) is 5.32 Å². The number of carbonyl (C=O) groups excluding carboxylic acids is 1. The first-order valence-corrected chi connectivity index (χ1v) is 11.6. The molecule has 6 nitrogen and oxygen atoms in total. The summed E-state index contributed by atoms with van der Waals surface area (Å²) in [6.07, 6.45) is 1.25. The maximum atomic E-state index is 13.3. The van der Waals surface area contributed by atoms with E-state index in [4.69, 9.17) is 4.42 Å². The molecule has 0 aliphatic heterocycles. The molecule has 1 amide bonds. The Balaban J connectivity index is 1.66. The smallest absolute Gasteiger partial charge is 0.248 e. The molecule has 0 spiro atoms. The zero-order valence-corrected chi connectivity index (χ0v) is 17.8. The molecule has 0 saturated heterocycles. The highest BCUT2D eigenvalue weighted by Crippen LogP contribution is 2.31. The predicted molar refractivity (Wildman–Crippen MR) is 120 cm³/mol. The topological polar surface area (TPSA) is 79.6 Å². The van der Waals surface area contributed by atoms with Gasteiger partial charge < -0.3 is 9.73 Å². The highest BCUT2D eigenvalue weighted by atomic mass is 32.2. The number of hydrogen-bond acceptors (Lipinski definition) is 4. The summed E-state index contributed by atoms with van der Waals surface area (Å²) in [4.78, 5) is 13.1. The fraction of sp³-hybridized carbons (Fsp3) is 0.174. The van der Waals surface area contributed by atoms with Crippen LogP contribution in [0, 0.1) is 5.82 Å². The van der Waals surface area contributed by atoms with Crippen molar-refractivity contribution in [3.8, 4) is 0 Å². The van der Waals surface area contributed by atoms with Crippen molar-refractivity contribution in [3.05, 3.63) is 72.5 Å². The van der Waals surface area contributed by atoms with Gasteiger partial charge in [-0.15, -0.1) is 0 Å². The fourth-order valence-corrected chi connectivity index (χ4v) is 4.89. The molecule has 0 aliphatic rings. The highest BCUT2D eigenvalue weighted by Gasteiger charge is 2.31. The van der Waals surface area contributed by atoms with Crippen LogP contribution >= 0.6 is 0 Å². The van der Waals surface area contributed by atoms with Gasteiger partial charge in [-0.1, -0.05) is 25.1 Å². The third-order valence-electron chi connectivity index (χ3n) is 5.06. The largest absolute Gasteiger partial charge is 0.456 e. The Morgan fingerprint density at radius 2 is 1.71 bits per heavy atom. The molecule has 3 aromatic carbocycles. The Kier molecular flexibility index (Phi) is 5.41. The normalized spacial score (nSPS) is 12.7. The van der Waals surface area contributed by atoms with Gasteiger partial charge in [0.1, 0.15) is 23.0 Å². The van der Waals surface area contributed by atoms with E-state index >= 15 is 0 Å². The predicted octanol–water partition coefficient (Wildman–Crippen LogP) is 4.91. The van der Waals surface area contributed by atoms with Crippen LogP contribution in [0.5, 0.6) is 0 Å². The molecule has 0 fully saturated rings. The minimum absolute atomic E-state index is 0.221. The number of hydrogen-bond donors (Lipinski definition) is 1. The maximum absolute atomic E-state index is 13.3. The van der Waals surface area contributed by atoms with E-state index in [0.717, 1.165) is 39.0 Å². The second-order valence-corrected chi connectivity index (χ2v) is 9.12. The molecule has 0 unspecified atom stereocenters. The molecular formula is C23H21FN2O4S. The molecule has 1 atom stereocenters. The molecule has 4 rings (SSSR count). The van der Waals surface area contributed by atoms with Gasteiger partial charge in [0, 0.05) is 22.5 Å². The van der Waals surface area contributed by atoms with Gasteiger partial charge in [-0.05, 0) is 48.9 Å². The molecule has 1 aromatic heterocycles. The first-order chi connectivity index (χ1) is 14.8. The van der Waals surface area contributed by atoms with Crippen LogP contribution in [0.15, 0.2) is 71.1 Å². The third kappa shape index (κ3) is 4.11. The van der Waals surface area contributed by atoms with Gasteiger partial charge in [0.25, 0.3) is 0 Å². The average Bonchev–Trinajstić information content (AvgIpc) is 3.09. The molecule has 1 heterocycles. The van der Waals surface area contributed by atoms with Crippen molar-refractivity contribution >= 4 is 49.2 Å². The number of halogens is 1. The minimum Gasteiger partial charge on any atom is -0.456 e. The van der Waals surface area contributed by atoms with E-state index in [-0.39, 0.29) is 12.1 Å². The third-order valence-corrected chi connectivity index (χ3v) is 6.24. The summed E-state index contributed by atoms with van der Waals surface area (Å²) in [5, 5.41) is 4.68. The van der Waals surface area contributed by atoms with Crippen molar-refractivity contribution in [2.75, 3.05) is 15.9 Å². The first kappa shape index (κ1) is 20.9. The second-order valence-electron chi connectivity index (χ2n) is 7.26. The van der Waals surface area contributed by atoms with Gasteiger partial charge in [0.2, 0.25) is 15.9 Å². The van der Waals surface area contributed by atoms with Crippen molar-refractivity contribution in [2.45, 2.75) is 19.4 Å². The Morgan fingerprint density at radius 1 is 1.03 bits per heavy atom. The Morgan fingerprint density at radius 3 is 2.39 bits per heavy atom. The number of carbonyl (C=O) groups is 1.